The summed E-state index contributed by atoms with van der Waals surface area (Å²) in [6.07, 6.45) is 0. The van der Waals surface area contributed by atoms with Crippen LogP contribution in [0.25, 0.3) is 0 Å². The van der Waals surface area contributed by atoms with Gasteiger partial charge in [0.2, 0.25) is 0 Å². The molecule has 0 aliphatic rings. The molecule has 0 amide bonds. The number of hydrogen-bond acceptors (Lipinski definition) is 3. The van der Waals surface area contributed by atoms with Crippen molar-refractivity contribution >= 4 is 26.0 Å². The van der Waals surface area contributed by atoms with E-state index in [0.717, 1.165) is 5.56 Å². The van der Waals surface area contributed by atoms with Crippen molar-refractivity contribution in [2.75, 3.05) is 0 Å². The summed E-state index contributed by atoms with van der Waals surface area (Å²) in [5.41, 5.74) is 1.52. The van der Waals surface area contributed by atoms with Gasteiger partial charge in [-0.05, 0) is 36.8 Å². The predicted molar refractivity (Wildman–Crippen MR) is 77.3 cm³/mol. The molecule has 0 fully saturated rings. The summed E-state index contributed by atoms with van der Waals surface area (Å²) in [6.45, 7) is 1.71. The first-order valence-electron chi connectivity index (χ1n) is 5.78. The molecule has 2 aromatic carbocycles. The first-order chi connectivity index (χ1) is 9.38. The Labute approximate surface area is 125 Å². The zero-order valence-electron chi connectivity index (χ0n) is 10.6. The summed E-state index contributed by atoms with van der Waals surface area (Å²) in [5, 5.41) is 0. The summed E-state index contributed by atoms with van der Waals surface area (Å²) in [4.78, 5) is 0.0985. The van der Waals surface area contributed by atoms with Crippen molar-refractivity contribution in [2.45, 2.75) is 18.4 Å². The van der Waals surface area contributed by atoms with Crippen LogP contribution in [0.1, 0.15) is 11.1 Å². The lowest BCUT2D eigenvalue weighted by Crippen LogP contribution is -2.07. The number of rotatable bonds is 4. The van der Waals surface area contributed by atoms with Crippen molar-refractivity contribution < 1.29 is 17.0 Å². The Bertz CT molecular complexity index is 712. The van der Waals surface area contributed by atoms with E-state index in [0.29, 0.717) is 10.0 Å². The van der Waals surface area contributed by atoms with E-state index in [-0.39, 0.29) is 11.5 Å². The van der Waals surface area contributed by atoms with Crippen LogP contribution in [0, 0.1) is 12.7 Å². The zero-order valence-corrected chi connectivity index (χ0v) is 13.0. The van der Waals surface area contributed by atoms with Gasteiger partial charge in [-0.1, -0.05) is 39.7 Å². The normalized spacial score (nSPS) is 11.6. The third-order valence-corrected chi connectivity index (χ3v) is 4.71. The van der Waals surface area contributed by atoms with Crippen LogP contribution in [0.15, 0.2) is 51.8 Å². The second-order valence-corrected chi connectivity index (χ2v) is 6.73. The molecule has 2 aromatic rings. The van der Waals surface area contributed by atoms with Crippen LogP contribution in [0.5, 0.6) is 0 Å². The third-order valence-electron chi connectivity index (χ3n) is 2.69. The molecule has 0 spiro atoms. The van der Waals surface area contributed by atoms with E-state index in [2.05, 4.69) is 15.9 Å². The molecule has 6 heteroatoms. The molecule has 2 rings (SSSR count). The van der Waals surface area contributed by atoms with Gasteiger partial charge in [-0.2, -0.15) is 8.42 Å². The number of aryl methyl sites for hydroxylation is 1. The summed E-state index contributed by atoms with van der Waals surface area (Å²) >= 11 is 3.17. The van der Waals surface area contributed by atoms with Crippen molar-refractivity contribution in [1.29, 1.82) is 0 Å². The molecular formula is C14H12BrFO3S. The molecule has 0 saturated carbocycles. The summed E-state index contributed by atoms with van der Waals surface area (Å²) < 4.78 is 42.4. The van der Waals surface area contributed by atoms with Gasteiger partial charge in [-0.15, -0.1) is 0 Å². The maximum atomic E-state index is 12.9. The van der Waals surface area contributed by atoms with E-state index in [1.807, 2.05) is 6.92 Å². The average Bonchev–Trinajstić information content (AvgIpc) is 2.38. The first-order valence-corrected chi connectivity index (χ1v) is 7.98. The molecule has 0 bridgehead atoms. The van der Waals surface area contributed by atoms with Gasteiger partial charge in [0.25, 0.3) is 10.1 Å². The highest BCUT2D eigenvalue weighted by Crippen LogP contribution is 2.21. The van der Waals surface area contributed by atoms with Crippen LogP contribution in [0.3, 0.4) is 0 Å². The summed E-state index contributed by atoms with van der Waals surface area (Å²) in [5.74, 6) is -0.401. The lowest BCUT2D eigenvalue weighted by molar-refractivity contribution is 0.307. The molecule has 0 heterocycles. The Morgan fingerprint density at radius 2 is 1.80 bits per heavy atom. The fourth-order valence-electron chi connectivity index (χ4n) is 1.55. The fraction of sp³-hybridized carbons (Fsp3) is 0.143. The monoisotopic (exact) mass is 358 g/mol. The predicted octanol–water partition coefficient (Wildman–Crippen LogP) is 3.80. The minimum atomic E-state index is -3.82. The topological polar surface area (TPSA) is 43.4 Å². The standard InChI is InChI=1S/C14H12BrFO3S/c1-10-2-6-13(7-3-10)20(17,18)19-9-11-4-5-12(16)8-14(11)15/h2-8H,9H2,1H3. The van der Waals surface area contributed by atoms with Gasteiger partial charge in [0.1, 0.15) is 5.82 Å². The van der Waals surface area contributed by atoms with Gasteiger partial charge in [-0.25, -0.2) is 4.39 Å². The highest BCUT2D eigenvalue weighted by molar-refractivity contribution is 9.10. The third kappa shape index (κ3) is 3.65. The Morgan fingerprint density at radius 3 is 2.40 bits per heavy atom. The molecule has 0 radical (unpaired) electrons. The van der Waals surface area contributed by atoms with Crippen LogP contribution in [0.2, 0.25) is 0 Å². The second-order valence-electron chi connectivity index (χ2n) is 4.27. The summed E-state index contributed by atoms with van der Waals surface area (Å²) in [7, 11) is -3.82. The van der Waals surface area contributed by atoms with Gasteiger partial charge in [0.05, 0.1) is 11.5 Å². The largest absolute Gasteiger partial charge is 0.297 e. The average molecular weight is 359 g/mol. The lowest BCUT2D eigenvalue weighted by atomic mass is 10.2. The Hall–Kier alpha value is -1.24. The zero-order chi connectivity index (χ0) is 14.8. The van der Waals surface area contributed by atoms with E-state index in [9.17, 15) is 12.8 Å². The Kier molecular flexibility index (Phi) is 4.57. The quantitative estimate of drug-likeness (QED) is 0.780. The van der Waals surface area contributed by atoms with Gasteiger partial charge < -0.3 is 0 Å². The van der Waals surface area contributed by atoms with Gasteiger partial charge >= 0.3 is 0 Å². The van der Waals surface area contributed by atoms with E-state index in [1.165, 1.54) is 30.3 Å². The minimum absolute atomic E-state index is 0.0985. The van der Waals surface area contributed by atoms with E-state index < -0.39 is 15.9 Å². The molecule has 106 valence electrons. The molecule has 0 atom stereocenters. The number of halogens is 2. The van der Waals surface area contributed by atoms with Crippen molar-refractivity contribution in [3.05, 3.63) is 63.9 Å². The van der Waals surface area contributed by atoms with E-state index in [4.69, 9.17) is 4.18 Å². The lowest BCUT2D eigenvalue weighted by Gasteiger charge is -2.07. The molecule has 0 aromatic heterocycles. The second kappa shape index (κ2) is 6.03. The highest BCUT2D eigenvalue weighted by atomic mass is 79.9. The fourth-order valence-corrected chi connectivity index (χ4v) is 2.91. The molecule has 0 aliphatic heterocycles. The smallest absolute Gasteiger partial charge is 0.262 e. The van der Waals surface area contributed by atoms with Crippen LogP contribution in [-0.2, 0) is 20.9 Å². The molecular weight excluding hydrogens is 347 g/mol. The van der Waals surface area contributed by atoms with Crippen molar-refractivity contribution in [1.82, 2.24) is 0 Å². The Morgan fingerprint density at radius 1 is 1.15 bits per heavy atom. The summed E-state index contributed by atoms with van der Waals surface area (Å²) in [6, 6.07) is 10.4. The highest BCUT2D eigenvalue weighted by Gasteiger charge is 2.15. The SMILES string of the molecule is Cc1ccc(S(=O)(=O)OCc2ccc(F)cc2Br)cc1. The molecule has 20 heavy (non-hydrogen) atoms. The van der Waals surface area contributed by atoms with Crippen molar-refractivity contribution in [3.8, 4) is 0 Å². The van der Waals surface area contributed by atoms with Crippen LogP contribution >= 0.6 is 15.9 Å². The van der Waals surface area contributed by atoms with Crippen molar-refractivity contribution in [3.63, 3.8) is 0 Å². The maximum absolute atomic E-state index is 12.9. The van der Waals surface area contributed by atoms with Gasteiger partial charge in [-0.3, -0.25) is 4.18 Å². The Balaban J connectivity index is 2.15. The minimum Gasteiger partial charge on any atom is -0.262 e. The van der Waals surface area contributed by atoms with Crippen LogP contribution in [0.4, 0.5) is 4.39 Å². The number of hydrogen-bond donors (Lipinski definition) is 0. The van der Waals surface area contributed by atoms with E-state index in [1.54, 1.807) is 12.1 Å². The molecule has 0 N–H and O–H groups in total. The van der Waals surface area contributed by atoms with E-state index >= 15 is 0 Å². The molecule has 0 aliphatic carbocycles. The van der Waals surface area contributed by atoms with Crippen LogP contribution < -0.4 is 0 Å². The van der Waals surface area contributed by atoms with Crippen molar-refractivity contribution in [2.24, 2.45) is 0 Å². The van der Waals surface area contributed by atoms with Gasteiger partial charge in [0.15, 0.2) is 0 Å². The molecule has 3 nitrogen and oxygen atoms in total. The number of benzene rings is 2. The first kappa shape index (κ1) is 15.2. The van der Waals surface area contributed by atoms with Gasteiger partial charge in [0, 0.05) is 4.47 Å². The molecule has 0 unspecified atom stereocenters. The van der Waals surface area contributed by atoms with Crippen LogP contribution in [-0.4, -0.2) is 8.42 Å². The maximum Gasteiger partial charge on any atom is 0.297 e. The molecule has 0 saturated heterocycles.